The normalized spacial score (nSPS) is 20.5. The highest BCUT2D eigenvalue weighted by atomic mass is 16.5. The van der Waals surface area contributed by atoms with Gasteiger partial charge in [-0.05, 0) is 12.5 Å². The maximum absolute atomic E-state index is 8.76. The monoisotopic (exact) mass is 236 g/mol. The second-order valence-electron chi connectivity index (χ2n) is 4.01. The fraction of sp³-hybridized carbons (Fsp3) is 0.455. The maximum atomic E-state index is 8.76. The molecule has 1 aromatic heterocycles. The Morgan fingerprint density at radius 3 is 3.18 bits per heavy atom. The Hall–Kier alpha value is -1.82. The van der Waals surface area contributed by atoms with E-state index in [4.69, 9.17) is 15.7 Å². The number of amidine groups is 1. The molecule has 0 bridgehead atoms. The van der Waals surface area contributed by atoms with Crippen LogP contribution in [0.15, 0.2) is 23.6 Å². The first kappa shape index (κ1) is 11.7. The summed E-state index contributed by atoms with van der Waals surface area (Å²) in [4.78, 5) is 6.14. The second kappa shape index (κ2) is 5.01. The Bertz CT molecular complexity index is 416. The lowest BCUT2D eigenvalue weighted by Crippen LogP contribution is -2.33. The third-order valence-corrected chi connectivity index (χ3v) is 3.02. The van der Waals surface area contributed by atoms with Crippen LogP contribution in [0.25, 0.3) is 0 Å². The van der Waals surface area contributed by atoms with Crippen LogP contribution in [0.3, 0.4) is 0 Å². The Labute approximate surface area is 99.7 Å². The largest absolute Gasteiger partial charge is 0.409 e. The van der Waals surface area contributed by atoms with Gasteiger partial charge < -0.3 is 20.6 Å². The molecule has 1 aromatic rings. The number of likely N-dealkylation sites (N-methyl/N-ethyl adjacent to an activating group) is 1. The molecule has 17 heavy (non-hydrogen) atoms. The first-order chi connectivity index (χ1) is 8.24. The quantitative estimate of drug-likeness (QED) is 0.343. The zero-order chi connectivity index (χ0) is 12.3. The standard InChI is InChI=1S/C11H16N4O2/c1-15(8-3-5-17-7-8)10-6-13-4-2-9(10)11(12)14-16/h2,4,6,8,16H,3,5,7H2,1H3,(H2,12,14). The average Bonchev–Trinajstić information content (AvgIpc) is 2.91. The van der Waals surface area contributed by atoms with E-state index >= 15 is 0 Å². The molecule has 6 nitrogen and oxygen atoms in total. The molecular weight excluding hydrogens is 220 g/mol. The van der Waals surface area contributed by atoms with E-state index in [1.807, 2.05) is 7.05 Å². The Balaban J connectivity index is 2.30. The highest BCUT2D eigenvalue weighted by molar-refractivity contribution is 6.02. The van der Waals surface area contributed by atoms with Crippen molar-refractivity contribution in [3.63, 3.8) is 0 Å². The fourth-order valence-electron chi connectivity index (χ4n) is 1.96. The van der Waals surface area contributed by atoms with Crippen LogP contribution in [-0.4, -0.2) is 42.3 Å². The number of aromatic nitrogens is 1. The van der Waals surface area contributed by atoms with Crippen LogP contribution in [0, 0.1) is 0 Å². The van der Waals surface area contributed by atoms with Crippen LogP contribution in [0.4, 0.5) is 5.69 Å². The fourth-order valence-corrected chi connectivity index (χ4v) is 1.96. The van der Waals surface area contributed by atoms with E-state index < -0.39 is 0 Å². The van der Waals surface area contributed by atoms with Crippen molar-refractivity contribution in [1.82, 2.24) is 4.98 Å². The minimum atomic E-state index is 0.0909. The Morgan fingerprint density at radius 1 is 1.71 bits per heavy atom. The molecule has 0 amide bonds. The van der Waals surface area contributed by atoms with Crippen molar-refractivity contribution in [1.29, 1.82) is 0 Å². The summed E-state index contributed by atoms with van der Waals surface area (Å²) >= 11 is 0. The third kappa shape index (κ3) is 2.31. The van der Waals surface area contributed by atoms with Crippen molar-refractivity contribution < 1.29 is 9.94 Å². The van der Waals surface area contributed by atoms with Crippen LogP contribution >= 0.6 is 0 Å². The van der Waals surface area contributed by atoms with Gasteiger partial charge in [0.2, 0.25) is 0 Å². The van der Waals surface area contributed by atoms with Gasteiger partial charge in [-0.2, -0.15) is 0 Å². The van der Waals surface area contributed by atoms with Crippen molar-refractivity contribution in [2.75, 3.05) is 25.2 Å². The predicted molar refractivity (Wildman–Crippen MR) is 64.4 cm³/mol. The van der Waals surface area contributed by atoms with Crippen molar-refractivity contribution in [2.24, 2.45) is 10.9 Å². The summed E-state index contributed by atoms with van der Waals surface area (Å²) in [5, 5.41) is 11.8. The molecule has 3 N–H and O–H groups in total. The van der Waals surface area contributed by atoms with E-state index in [2.05, 4.69) is 15.0 Å². The molecule has 92 valence electrons. The number of pyridine rings is 1. The van der Waals surface area contributed by atoms with Gasteiger partial charge in [-0.25, -0.2) is 0 Å². The van der Waals surface area contributed by atoms with Gasteiger partial charge in [0.05, 0.1) is 24.5 Å². The van der Waals surface area contributed by atoms with Crippen molar-refractivity contribution in [3.05, 3.63) is 24.0 Å². The van der Waals surface area contributed by atoms with Crippen LogP contribution in [0.5, 0.6) is 0 Å². The number of nitrogens with zero attached hydrogens (tertiary/aromatic N) is 3. The molecule has 1 atom stereocenters. The Kier molecular flexibility index (Phi) is 3.43. The molecule has 2 rings (SSSR count). The number of anilines is 1. The molecule has 1 fully saturated rings. The van der Waals surface area contributed by atoms with E-state index in [-0.39, 0.29) is 5.84 Å². The number of hydrogen-bond acceptors (Lipinski definition) is 5. The molecule has 0 aromatic carbocycles. The molecule has 0 saturated carbocycles. The zero-order valence-electron chi connectivity index (χ0n) is 9.71. The van der Waals surface area contributed by atoms with E-state index in [0.717, 1.165) is 18.7 Å². The van der Waals surface area contributed by atoms with Gasteiger partial charge in [-0.15, -0.1) is 0 Å². The molecule has 2 heterocycles. The van der Waals surface area contributed by atoms with Crippen LogP contribution in [-0.2, 0) is 4.74 Å². The van der Waals surface area contributed by atoms with E-state index in [9.17, 15) is 0 Å². The first-order valence-corrected chi connectivity index (χ1v) is 5.46. The van der Waals surface area contributed by atoms with E-state index in [1.54, 1.807) is 18.5 Å². The van der Waals surface area contributed by atoms with Gasteiger partial charge in [-0.3, -0.25) is 4.98 Å². The summed E-state index contributed by atoms with van der Waals surface area (Å²) in [7, 11) is 1.96. The lowest BCUT2D eigenvalue weighted by atomic mass is 10.1. The smallest absolute Gasteiger partial charge is 0.172 e. The first-order valence-electron chi connectivity index (χ1n) is 5.46. The van der Waals surface area contributed by atoms with Crippen molar-refractivity contribution >= 4 is 11.5 Å². The summed E-state index contributed by atoms with van der Waals surface area (Å²) in [6.07, 6.45) is 4.31. The number of rotatable bonds is 3. The topological polar surface area (TPSA) is 84.0 Å². The summed E-state index contributed by atoms with van der Waals surface area (Å²) in [6, 6.07) is 2.04. The third-order valence-electron chi connectivity index (χ3n) is 3.02. The minimum absolute atomic E-state index is 0.0909. The van der Waals surface area contributed by atoms with Crippen molar-refractivity contribution in [3.8, 4) is 0 Å². The molecule has 0 spiro atoms. The lowest BCUT2D eigenvalue weighted by Gasteiger charge is -2.26. The van der Waals surface area contributed by atoms with Gasteiger partial charge in [-0.1, -0.05) is 5.16 Å². The van der Waals surface area contributed by atoms with Gasteiger partial charge in [0.25, 0.3) is 0 Å². The number of ether oxygens (including phenoxy) is 1. The SMILES string of the molecule is CN(c1cnccc1/C(N)=N/O)C1CCOC1. The summed E-state index contributed by atoms with van der Waals surface area (Å²) < 4.78 is 5.35. The van der Waals surface area contributed by atoms with Gasteiger partial charge in [0, 0.05) is 25.4 Å². The highest BCUT2D eigenvalue weighted by Crippen LogP contribution is 2.23. The molecular formula is C11H16N4O2. The maximum Gasteiger partial charge on any atom is 0.172 e. The summed E-state index contributed by atoms with van der Waals surface area (Å²) in [5.41, 5.74) is 7.17. The summed E-state index contributed by atoms with van der Waals surface area (Å²) in [5.74, 6) is 0.0909. The zero-order valence-corrected chi connectivity index (χ0v) is 9.71. The number of oxime groups is 1. The Morgan fingerprint density at radius 2 is 2.53 bits per heavy atom. The molecule has 1 aliphatic heterocycles. The van der Waals surface area contributed by atoms with Crippen LogP contribution < -0.4 is 10.6 Å². The molecule has 1 aliphatic rings. The predicted octanol–water partition coefficient (Wildman–Crippen LogP) is 0.401. The van der Waals surface area contributed by atoms with Crippen molar-refractivity contribution in [2.45, 2.75) is 12.5 Å². The van der Waals surface area contributed by atoms with Gasteiger partial charge in [0.15, 0.2) is 5.84 Å². The number of hydrogen-bond donors (Lipinski definition) is 2. The van der Waals surface area contributed by atoms with Crippen LogP contribution in [0.2, 0.25) is 0 Å². The van der Waals surface area contributed by atoms with Crippen LogP contribution in [0.1, 0.15) is 12.0 Å². The second-order valence-corrected chi connectivity index (χ2v) is 4.01. The minimum Gasteiger partial charge on any atom is -0.409 e. The molecule has 1 saturated heterocycles. The lowest BCUT2D eigenvalue weighted by molar-refractivity contribution is 0.193. The van der Waals surface area contributed by atoms with E-state index in [0.29, 0.717) is 18.2 Å². The highest BCUT2D eigenvalue weighted by Gasteiger charge is 2.23. The molecule has 0 aliphatic carbocycles. The van der Waals surface area contributed by atoms with Gasteiger partial charge in [0.1, 0.15) is 0 Å². The average molecular weight is 236 g/mol. The molecule has 0 radical (unpaired) electrons. The summed E-state index contributed by atoms with van der Waals surface area (Å²) in [6.45, 7) is 1.47. The van der Waals surface area contributed by atoms with Gasteiger partial charge >= 0.3 is 0 Å². The van der Waals surface area contributed by atoms with E-state index in [1.165, 1.54) is 0 Å². The molecule has 6 heteroatoms. The molecule has 1 unspecified atom stereocenters. The number of nitrogens with two attached hydrogens (primary N) is 1.